The third kappa shape index (κ3) is 2.67. The number of hydrogen-bond donors (Lipinski definition) is 2. The predicted molar refractivity (Wildman–Crippen MR) is 87.6 cm³/mol. The summed E-state index contributed by atoms with van der Waals surface area (Å²) in [6, 6.07) is 2.62. The minimum absolute atomic E-state index is 0.195. The summed E-state index contributed by atoms with van der Waals surface area (Å²) >= 11 is 12.0. The molecule has 0 aromatic heterocycles. The molecule has 0 radical (unpaired) electrons. The van der Waals surface area contributed by atoms with E-state index >= 15 is 0 Å². The van der Waals surface area contributed by atoms with Gasteiger partial charge < -0.3 is 10.4 Å². The zero-order valence-electron chi connectivity index (χ0n) is 12.5. The molecule has 2 aliphatic rings. The van der Waals surface area contributed by atoms with Gasteiger partial charge in [0.1, 0.15) is 5.54 Å². The van der Waals surface area contributed by atoms with Crippen molar-refractivity contribution in [2.45, 2.75) is 24.6 Å². The van der Waals surface area contributed by atoms with E-state index in [4.69, 9.17) is 23.2 Å². The number of carbonyl (C=O) groups is 2. The highest BCUT2D eigenvalue weighted by Crippen LogP contribution is 2.36. The van der Waals surface area contributed by atoms with Gasteiger partial charge in [-0.15, -0.1) is 0 Å². The summed E-state index contributed by atoms with van der Waals surface area (Å²) in [4.78, 5) is 26.0. The number of imide groups is 1. The van der Waals surface area contributed by atoms with Gasteiger partial charge in [0.2, 0.25) is 0 Å². The molecule has 2 fully saturated rings. The lowest BCUT2D eigenvalue weighted by Crippen LogP contribution is -2.48. The Hall–Kier alpha value is -1.35. The van der Waals surface area contributed by atoms with Gasteiger partial charge in [-0.1, -0.05) is 29.3 Å². The van der Waals surface area contributed by atoms with Gasteiger partial charge >= 0.3 is 6.03 Å². The molecule has 130 valence electrons. The third-order valence-electron chi connectivity index (χ3n) is 4.32. The van der Waals surface area contributed by atoms with Crippen LogP contribution in [0.2, 0.25) is 10.0 Å². The van der Waals surface area contributed by atoms with E-state index in [2.05, 4.69) is 5.32 Å². The summed E-state index contributed by atoms with van der Waals surface area (Å²) in [7, 11) is -3.51. The molecule has 2 N–H and O–H groups in total. The number of nitrogens with zero attached hydrogens (tertiary/aromatic N) is 1. The molecule has 10 heteroatoms. The normalized spacial score (nSPS) is 32.2. The number of aliphatic hydroxyl groups is 1. The standard InChI is InChI=1S/C14H14Cl2N2O5S/c1-14(8-3-2-7(15)4-9(8)16)12(20)18(13(21)17-14)10-5-24(22,23)6-11(10)19/h2-4,10-11,19H,5-6H2,1H3,(H,17,21)/t10-,11-,14+/m0/s1. The van der Waals surface area contributed by atoms with Crippen LogP contribution in [0.15, 0.2) is 18.2 Å². The first-order valence-electron chi connectivity index (χ1n) is 7.05. The first-order chi connectivity index (χ1) is 11.0. The molecule has 0 saturated carbocycles. The summed E-state index contributed by atoms with van der Waals surface area (Å²) in [6.07, 6.45) is -1.31. The molecule has 3 rings (SSSR count). The van der Waals surface area contributed by atoms with E-state index in [1.807, 2.05) is 0 Å². The van der Waals surface area contributed by atoms with E-state index in [1.165, 1.54) is 25.1 Å². The Bertz CT molecular complexity index is 844. The molecular weight excluding hydrogens is 379 g/mol. The second-order valence-corrected chi connectivity index (χ2v) is 9.06. The van der Waals surface area contributed by atoms with Crippen molar-refractivity contribution < 1.29 is 23.1 Å². The van der Waals surface area contributed by atoms with Crippen molar-refractivity contribution in [3.05, 3.63) is 33.8 Å². The zero-order valence-corrected chi connectivity index (χ0v) is 14.8. The van der Waals surface area contributed by atoms with Gasteiger partial charge in [0, 0.05) is 15.6 Å². The Balaban J connectivity index is 2.00. The maximum absolute atomic E-state index is 12.9. The Kier molecular flexibility index (Phi) is 4.07. The Morgan fingerprint density at radius 3 is 2.50 bits per heavy atom. The number of hydrogen-bond acceptors (Lipinski definition) is 5. The van der Waals surface area contributed by atoms with Gasteiger partial charge in [-0.3, -0.25) is 9.69 Å². The Labute approximate surface area is 148 Å². The lowest BCUT2D eigenvalue weighted by molar-refractivity contribution is -0.133. The van der Waals surface area contributed by atoms with Gasteiger partial charge in [0.05, 0.1) is 23.7 Å². The smallest absolute Gasteiger partial charge is 0.325 e. The summed E-state index contributed by atoms with van der Waals surface area (Å²) in [5.74, 6) is -1.61. The Morgan fingerprint density at radius 2 is 1.96 bits per heavy atom. The third-order valence-corrected chi connectivity index (χ3v) is 6.56. The maximum atomic E-state index is 12.9. The molecule has 1 aromatic rings. The summed E-state index contributed by atoms with van der Waals surface area (Å²) in [6.45, 7) is 1.47. The fourth-order valence-electron chi connectivity index (χ4n) is 3.10. The van der Waals surface area contributed by atoms with Crippen LogP contribution >= 0.6 is 23.2 Å². The van der Waals surface area contributed by atoms with E-state index in [0.29, 0.717) is 10.6 Å². The molecule has 2 heterocycles. The number of carbonyl (C=O) groups excluding carboxylic acids is 2. The fourth-order valence-corrected chi connectivity index (χ4v) is 5.46. The van der Waals surface area contributed by atoms with Gasteiger partial charge in [0.25, 0.3) is 5.91 Å². The van der Waals surface area contributed by atoms with Crippen LogP contribution in [0.5, 0.6) is 0 Å². The molecule has 0 bridgehead atoms. The highest BCUT2D eigenvalue weighted by atomic mass is 35.5. The van der Waals surface area contributed by atoms with E-state index in [1.54, 1.807) is 0 Å². The Morgan fingerprint density at radius 1 is 1.29 bits per heavy atom. The number of aliphatic hydroxyl groups excluding tert-OH is 1. The van der Waals surface area contributed by atoms with E-state index < -0.39 is 51.0 Å². The van der Waals surface area contributed by atoms with Crippen LogP contribution in [-0.4, -0.2) is 54.0 Å². The molecule has 0 aliphatic carbocycles. The van der Waals surface area contributed by atoms with Gasteiger partial charge in [-0.05, 0) is 19.1 Å². The van der Waals surface area contributed by atoms with Gasteiger partial charge in [-0.2, -0.15) is 0 Å². The monoisotopic (exact) mass is 392 g/mol. The SMILES string of the molecule is C[C@]1(c2ccc(Cl)cc2Cl)NC(=O)N([C@H]2CS(=O)(=O)C[C@@H]2O)C1=O. The topological polar surface area (TPSA) is 104 Å². The number of halogens is 2. The minimum atomic E-state index is -3.51. The van der Waals surface area contributed by atoms with Crippen LogP contribution in [0, 0.1) is 0 Å². The van der Waals surface area contributed by atoms with Crippen LogP contribution in [0.4, 0.5) is 4.79 Å². The second kappa shape index (κ2) is 5.59. The van der Waals surface area contributed by atoms with Gasteiger partial charge in [-0.25, -0.2) is 13.2 Å². The number of nitrogens with one attached hydrogen (secondary N) is 1. The molecule has 7 nitrogen and oxygen atoms in total. The lowest BCUT2D eigenvalue weighted by Gasteiger charge is -2.26. The molecule has 2 aliphatic heterocycles. The van der Waals surface area contributed by atoms with Gasteiger partial charge in [0.15, 0.2) is 9.84 Å². The molecule has 0 spiro atoms. The van der Waals surface area contributed by atoms with E-state index in [0.717, 1.165) is 4.90 Å². The zero-order chi connectivity index (χ0) is 17.9. The highest BCUT2D eigenvalue weighted by molar-refractivity contribution is 7.91. The van der Waals surface area contributed by atoms with Crippen LogP contribution in [0.25, 0.3) is 0 Å². The molecule has 3 atom stereocenters. The first-order valence-corrected chi connectivity index (χ1v) is 9.63. The number of rotatable bonds is 2. The van der Waals surface area contributed by atoms with E-state index in [9.17, 15) is 23.1 Å². The number of benzene rings is 1. The van der Waals surface area contributed by atoms with Crippen molar-refractivity contribution in [3.8, 4) is 0 Å². The number of sulfone groups is 1. The summed E-state index contributed by atoms with van der Waals surface area (Å²) < 4.78 is 23.4. The maximum Gasteiger partial charge on any atom is 0.325 e. The molecular formula is C14H14Cl2N2O5S. The summed E-state index contributed by atoms with van der Waals surface area (Å²) in [5, 5.41) is 13.1. The summed E-state index contributed by atoms with van der Waals surface area (Å²) in [5.41, 5.74) is -1.13. The molecule has 1 aromatic carbocycles. The first kappa shape index (κ1) is 17.5. The number of amides is 3. The van der Waals surface area contributed by atoms with Crippen molar-refractivity contribution in [2.24, 2.45) is 0 Å². The average Bonchev–Trinajstić information content (AvgIpc) is 2.83. The van der Waals surface area contributed by atoms with Crippen molar-refractivity contribution in [1.82, 2.24) is 10.2 Å². The van der Waals surface area contributed by atoms with Crippen molar-refractivity contribution >= 4 is 45.0 Å². The van der Waals surface area contributed by atoms with Crippen LogP contribution in [-0.2, 0) is 20.2 Å². The van der Waals surface area contributed by atoms with Crippen LogP contribution in [0.3, 0.4) is 0 Å². The van der Waals surface area contributed by atoms with Crippen molar-refractivity contribution in [1.29, 1.82) is 0 Å². The number of urea groups is 1. The van der Waals surface area contributed by atoms with Crippen molar-refractivity contribution in [2.75, 3.05) is 11.5 Å². The highest BCUT2D eigenvalue weighted by Gasteiger charge is 2.55. The van der Waals surface area contributed by atoms with Crippen LogP contribution in [0.1, 0.15) is 12.5 Å². The largest absolute Gasteiger partial charge is 0.390 e. The molecule has 2 saturated heterocycles. The van der Waals surface area contributed by atoms with Crippen LogP contribution < -0.4 is 5.32 Å². The average molecular weight is 393 g/mol. The fraction of sp³-hybridized carbons (Fsp3) is 0.429. The van der Waals surface area contributed by atoms with Crippen molar-refractivity contribution in [3.63, 3.8) is 0 Å². The molecule has 0 unspecified atom stereocenters. The second-order valence-electron chi connectivity index (χ2n) is 6.07. The quantitative estimate of drug-likeness (QED) is 0.728. The lowest BCUT2D eigenvalue weighted by atomic mass is 9.91. The minimum Gasteiger partial charge on any atom is -0.390 e. The predicted octanol–water partition coefficient (Wildman–Crippen LogP) is 0.918. The molecule has 24 heavy (non-hydrogen) atoms. The molecule has 3 amide bonds. The van der Waals surface area contributed by atoms with E-state index in [-0.39, 0.29) is 5.02 Å².